The standard InChI is InChI=1S/C30H35F3N6O5/c1-18-24(19-9-13-37(14-10-19)28(42)44-29(2,3)4)26(41)39-27(35-25(36-39)20-11-15-43-16-12-20)38(18)17-23(40)34-22-7-5-21(6-8-22)30(31,32)33/h5-8,11,19H,9-10,12-17H2,1-4H3,(H,34,40). The average Bonchev–Trinajstić information content (AvgIpc) is 3.41. The Balaban J connectivity index is 1.46. The van der Waals surface area contributed by atoms with Gasteiger partial charge in [-0.25, -0.2) is 4.79 Å². The molecule has 2 aromatic heterocycles. The third kappa shape index (κ3) is 6.79. The zero-order valence-corrected chi connectivity index (χ0v) is 25.0. The molecule has 0 atom stereocenters. The fraction of sp³-hybridized carbons (Fsp3) is 0.500. The molecule has 3 aromatic rings. The van der Waals surface area contributed by atoms with Crippen molar-refractivity contribution in [1.29, 1.82) is 0 Å². The first-order chi connectivity index (χ1) is 20.7. The maximum absolute atomic E-state index is 13.9. The largest absolute Gasteiger partial charge is 0.444 e. The van der Waals surface area contributed by atoms with Gasteiger partial charge in [0.25, 0.3) is 5.56 Å². The zero-order chi connectivity index (χ0) is 31.8. The van der Waals surface area contributed by atoms with Gasteiger partial charge < -0.3 is 24.3 Å². The van der Waals surface area contributed by atoms with E-state index >= 15 is 0 Å². The minimum Gasteiger partial charge on any atom is -0.444 e. The number of carbonyl (C=O) groups is 2. The highest BCUT2D eigenvalue weighted by Gasteiger charge is 2.32. The Morgan fingerprint density at radius 1 is 1.11 bits per heavy atom. The Morgan fingerprint density at radius 3 is 2.39 bits per heavy atom. The minimum absolute atomic E-state index is 0.174. The molecule has 0 radical (unpaired) electrons. The first-order valence-electron chi connectivity index (χ1n) is 14.4. The number of nitrogens with one attached hydrogen (secondary N) is 1. The fourth-order valence-electron chi connectivity index (χ4n) is 5.47. The summed E-state index contributed by atoms with van der Waals surface area (Å²) in [7, 11) is 0. The Hall–Kier alpha value is -4.20. The molecule has 1 saturated heterocycles. The third-order valence-electron chi connectivity index (χ3n) is 7.65. The van der Waals surface area contributed by atoms with Crippen molar-refractivity contribution < 1.29 is 32.2 Å². The molecule has 1 aromatic carbocycles. The van der Waals surface area contributed by atoms with Gasteiger partial charge in [0.1, 0.15) is 12.1 Å². The lowest BCUT2D eigenvalue weighted by molar-refractivity contribution is -0.137. The highest BCUT2D eigenvalue weighted by molar-refractivity contribution is 5.90. The number of rotatable bonds is 5. The van der Waals surface area contributed by atoms with E-state index in [-0.39, 0.29) is 29.5 Å². The molecule has 4 heterocycles. The molecule has 44 heavy (non-hydrogen) atoms. The zero-order valence-electron chi connectivity index (χ0n) is 25.0. The topological polar surface area (TPSA) is 120 Å². The number of aromatic nitrogens is 4. The van der Waals surface area contributed by atoms with Crippen LogP contribution in [0.15, 0.2) is 35.1 Å². The number of ether oxygens (including phenoxy) is 2. The summed E-state index contributed by atoms with van der Waals surface area (Å²) >= 11 is 0. The van der Waals surface area contributed by atoms with E-state index in [1.54, 1.807) is 37.2 Å². The highest BCUT2D eigenvalue weighted by Crippen LogP contribution is 2.31. The Labute approximate surface area is 251 Å². The number of nitrogens with zero attached hydrogens (tertiary/aromatic N) is 5. The molecular formula is C30H35F3N6O5. The van der Waals surface area contributed by atoms with Crippen LogP contribution in [-0.2, 0) is 27.0 Å². The summed E-state index contributed by atoms with van der Waals surface area (Å²) in [6, 6.07) is 4.16. The lowest BCUT2D eigenvalue weighted by atomic mass is 9.89. The second-order valence-corrected chi connectivity index (χ2v) is 12.0. The van der Waals surface area contributed by atoms with Crippen LogP contribution in [0.3, 0.4) is 0 Å². The van der Waals surface area contributed by atoms with Gasteiger partial charge >= 0.3 is 12.3 Å². The van der Waals surface area contributed by atoms with Crippen LogP contribution in [0.25, 0.3) is 11.4 Å². The van der Waals surface area contributed by atoms with Crippen LogP contribution in [0, 0.1) is 6.92 Å². The number of alkyl halides is 3. The Morgan fingerprint density at radius 2 is 1.80 bits per heavy atom. The van der Waals surface area contributed by atoms with Crippen molar-refractivity contribution in [2.75, 3.05) is 31.6 Å². The van der Waals surface area contributed by atoms with Crippen LogP contribution in [0.2, 0.25) is 0 Å². The van der Waals surface area contributed by atoms with E-state index in [0.717, 1.165) is 17.7 Å². The molecule has 236 valence electrons. The molecule has 2 amide bonds. The van der Waals surface area contributed by atoms with Gasteiger partial charge in [0.05, 0.1) is 18.8 Å². The molecular weight excluding hydrogens is 581 g/mol. The maximum atomic E-state index is 13.9. The van der Waals surface area contributed by atoms with Crippen molar-refractivity contribution in [3.05, 3.63) is 63.3 Å². The predicted molar refractivity (Wildman–Crippen MR) is 155 cm³/mol. The molecule has 0 saturated carbocycles. The summed E-state index contributed by atoms with van der Waals surface area (Å²) in [5.41, 5.74) is 0.219. The van der Waals surface area contributed by atoms with Crippen molar-refractivity contribution in [3.63, 3.8) is 0 Å². The SMILES string of the molecule is Cc1c(C2CCN(C(=O)OC(C)(C)C)CC2)c(=O)n2nc(C3=CCOCC3)nc2n1CC(=O)Nc1ccc(C(F)(F)F)cc1. The average molecular weight is 617 g/mol. The van der Waals surface area contributed by atoms with Gasteiger partial charge in [-0.1, -0.05) is 6.08 Å². The van der Waals surface area contributed by atoms with E-state index in [9.17, 15) is 27.6 Å². The summed E-state index contributed by atoms with van der Waals surface area (Å²) < 4.78 is 52.6. The minimum atomic E-state index is -4.49. The van der Waals surface area contributed by atoms with E-state index in [0.29, 0.717) is 62.6 Å². The number of anilines is 1. The number of likely N-dealkylation sites (tertiary alicyclic amines) is 1. The van der Waals surface area contributed by atoms with Crippen LogP contribution >= 0.6 is 0 Å². The summed E-state index contributed by atoms with van der Waals surface area (Å²) in [6.45, 7) is 8.54. The fourth-order valence-corrected chi connectivity index (χ4v) is 5.47. The number of carbonyl (C=O) groups excluding carboxylic acids is 2. The van der Waals surface area contributed by atoms with Crippen molar-refractivity contribution in [2.24, 2.45) is 0 Å². The van der Waals surface area contributed by atoms with E-state index < -0.39 is 29.3 Å². The number of fused-ring (bicyclic) bond motifs is 1. The number of hydrogen-bond donors (Lipinski definition) is 1. The molecule has 14 heteroatoms. The monoisotopic (exact) mass is 616 g/mol. The quantitative estimate of drug-likeness (QED) is 0.438. The molecule has 1 fully saturated rings. The van der Waals surface area contributed by atoms with E-state index in [1.807, 2.05) is 6.08 Å². The maximum Gasteiger partial charge on any atom is 0.416 e. The lowest BCUT2D eigenvalue weighted by Gasteiger charge is -2.34. The van der Waals surface area contributed by atoms with Crippen LogP contribution in [-0.4, -0.2) is 68.0 Å². The molecule has 0 aliphatic carbocycles. The Kier molecular flexibility index (Phi) is 8.56. The number of piperidine rings is 1. The van der Waals surface area contributed by atoms with Gasteiger partial charge in [-0.2, -0.15) is 22.7 Å². The number of amides is 2. The van der Waals surface area contributed by atoms with Gasteiger partial charge in [-0.15, -0.1) is 5.10 Å². The molecule has 0 unspecified atom stereocenters. The Bertz CT molecular complexity index is 1640. The van der Waals surface area contributed by atoms with Crippen molar-refractivity contribution in [2.45, 2.75) is 71.2 Å². The van der Waals surface area contributed by atoms with E-state index in [4.69, 9.17) is 9.47 Å². The normalized spacial score (nSPS) is 16.6. The third-order valence-corrected chi connectivity index (χ3v) is 7.65. The van der Waals surface area contributed by atoms with Crippen molar-refractivity contribution in [3.8, 4) is 0 Å². The second kappa shape index (κ2) is 12.1. The van der Waals surface area contributed by atoms with Crippen LogP contribution in [0.4, 0.5) is 23.7 Å². The summed E-state index contributed by atoms with van der Waals surface area (Å²) in [5, 5.41) is 7.16. The second-order valence-electron chi connectivity index (χ2n) is 12.0. The van der Waals surface area contributed by atoms with Gasteiger partial charge in [0, 0.05) is 30.0 Å². The van der Waals surface area contributed by atoms with Crippen LogP contribution < -0.4 is 10.9 Å². The van der Waals surface area contributed by atoms with Gasteiger partial charge in [-0.05, 0) is 82.7 Å². The molecule has 2 aliphatic rings. The lowest BCUT2D eigenvalue weighted by Crippen LogP contribution is -2.42. The van der Waals surface area contributed by atoms with Gasteiger partial charge in [0.15, 0.2) is 5.82 Å². The molecule has 5 rings (SSSR count). The molecule has 0 bridgehead atoms. The van der Waals surface area contributed by atoms with Crippen LogP contribution in [0.1, 0.15) is 68.6 Å². The summed E-state index contributed by atoms with van der Waals surface area (Å²) in [4.78, 5) is 46.0. The van der Waals surface area contributed by atoms with Gasteiger partial charge in [0.2, 0.25) is 11.7 Å². The number of benzene rings is 1. The smallest absolute Gasteiger partial charge is 0.416 e. The summed E-state index contributed by atoms with van der Waals surface area (Å²) in [5.74, 6) is -0.199. The van der Waals surface area contributed by atoms with E-state index in [1.165, 1.54) is 16.6 Å². The molecule has 1 N–H and O–H groups in total. The summed E-state index contributed by atoms with van der Waals surface area (Å²) in [6.07, 6.45) is -1.48. The van der Waals surface area contributed by atoms with Crippen molar-refractivity contribution in [1.82, 2.24) is 24.1 Å². The molecule has 2 aliphatic heterocycles. The first kappa shape index (κ1) is 31.2. The van der Waals surface area contributed by atoms with Gasteiger partial charge in [-0.3, -0.25) is 9.59 Å². The molecule has 0 spiro atoms. The highest BCUT2D eigenvalue weighted by atomic mass is 19.4. The number of halogens is 3. The van der Waals surface area contributed by atoms with Crippen molar-refractivity contribution >= 4 is 29.0 Å². The van der Waals surface area contributed by atoms with Crippen LogP contribution in [0.5, 0.6) is 0 Å². The number of hydrogen-bond acceptors (Lipinski definition) is 7. The predicted octanol–water partition coefficient (Wildman–Crippen LogP) is 4.78. The first-order valence-corrected chi connectivity index (χ1v) is 14.4. The van der Waals surface area contributed by atoms with E-state index in [2.05, 4.69) is 15.4 Å². The molecule has 11 nitrogen and oxygen atoms in total.